The van der Waals surface area contributed by atoms with E-state index < -0.39 is 26.7 Å². The molecule has 0 atom stereocenters. The maximum atomic E-state index is 12.8. The summed E-state index contributed by atoms with van der Waals surface area (Å²) in [5.41, 5.74) is 0.568. The fourth-order valence-corrected chi connectivity index (χ4v) is 3.89. The summed E-state index contributed by atoms with van der Waals surface area (Å²) in [6.07, 6.45) is -4.66. The molecule has 1 N–H and O–H groups in total. The lowest BCUT2D eigenvalue weighted by atomic mass is 10.1. The van der Waals surface area contributed by atoms with E-state index in [2.05, 4.69) is 4.72 Å². The Morgan fingerprint density at radius 2 is 1.69 bits per heavy atom. The standard InChI is InChI=1S/C17H18ClF3N2O2S/c1-23(2)11-13-6-4-3-5-12(13)10-22-26(24,25)16-9-14(17(19,20)21)7-8-15(16)18/h3-9,22H,10-11H2,1-2H3. The molecule has 0 saturated carbocycles. The second kappa shape index (κ2) is 7.96. The summed E-state index contributed by atoms with van der Waals surface area (Å²) in [5.74, 6) is 0. The van der Waals surface area contributed by atoms with Gasteiger partial charge in [-0.3, -0.25) is 0 Å². The number of alkyl halides is 3. The minimum absolute atomic E-state index is 0.0566. The number of benzene rings is 2. The molecule has 2 aromatic carbocycles. The molecule has 0 aromatic heterocycles. The normalized spacial score (nSPS) is 12.6. The molecule has 0 heterocycles. The summed E-state index contributed by atoms with van der Waals surface area (Å²) >= 11 is 5.82. The van der Waals surface area contributed by atoms with Gasteiger partial charge in [-0.25, -0.2) is 13.1 Å². The van der Waals surface area contributed by atoms with E-state index in [1.807, 2.05) is 31.1 Å². The first-order chi connectivity index (χ1) is 12.0. The summed E-state index contributed by atoms with van der Waals surface area (Å²) in [7, 11) is -0.456. The third-order valence-electron chi connectivity index (χ3n) is 3.61. The molecule has 0 saturated heterocycles. The van der Waals surface area contributed by atoms with Crippen LogP contribution >= 0.6 is 11.6 Å². The van der Waals surface area contributed by atoms with Crippen LogP contribution in [0.25, 0.3) is 0 Å². The predicted molar refractivity (Wildman–Crippen MR) is 94.3 cm³/mol. The summed E-state index contributed by atoms with van der Waals surface area (Å²) < 4.78 is 65.8. The van der Waals surface area contributed by atoms with Gasteiger partial charge in [0.1, 0.15) is 4.90 Å². The van der Waals surface area contributed by atoms with Crippen LogP contribution in [-0.2, 0) is 29.3 Å². The van der Waals surface area contributed by atoms with Crippen molar-refractivity contribution >= 4 is 21.6 Å². The number of nitrogens with one attached hydrogen (secondary N) is 1. The number of halogens is 4. The topological polar surface area (TPSA) is 49.4 Å². The highest BCUT2D eigenvalue weighted by atomic mass is 35.5. The Kier molecular flexibility index (Phi) is 6.33. The van der Waals surface area contributed by atoms with Gasteiger partial charge in [0.2, 0.25) is 10.0 Å². The monoisotopic (exact) mass is 406 g/mol. The molecule has 0 aliphatic rings. The zero-order valence-electron chi connectivity index (χ0n) is 14.1. The molecule has 0 spiro atoms. The SMILES string of the molecule is CN(C)Cc1ccccc1CNS(=O)(=O)c1cc(C(F)(F)F)ccc1Cl. The number of hydrogen-bond acceptors (Lipinski definition) is 3. The maximum Gasteiger partial charge on any atom is 0.416 e. The van der Waals surface area contributed by atoms with Crippen LogP contribution < -0.4 is 4.72 Å². The molecular weight excluding hydrogens is 389 g/mol. The molecule has 0 amide bonds. The third kappa shape index (κ3) is 5.20. The van der Waals surface area contributed by atoms with Gasteiger partial charge in [-0.2, -0.15) is 13.2 Å². The Morgan fingerprint density at radius 3 is 2.27 bits per heavy atom. The molecule has 9 heteroatoms. The molecule has 0 bridgehead atoms. The van der Waals surface area contributed by atoms with Gasteiger partial charge in [-0.15, -0.1) is 0 Å². The van der Waals surface area contributed by atoms with Crippen molar-refractivity contribution in [2.45, 2.75) is 24.2 Å². The lowest BCUT2D eigenvalue weighted by molar-refractivity contribution is -0.137. The van der Waals surface area contributed by atoms with Crippen molar-refractivity contribution in [3.63, 3.8) is 0 Å². The Hall–Kier alpha value is -1.61. The van der Waals surface area contributed by atoms with Gasteiger partial charge in [0.15, 0.2) is 0 Å². The molecule has 26 heavy (non-hydrogen) atoms. The Bertz CT molecular complexity index is 884. The Morgan fingerprint density at radius 1 is 1.08 bits per heavy atom. The molecule has 0 fully saturated rings. The fraction of sp³-hybridized carbons (Fsp3) is 0.294. The second-order valence-corrected chi connectivity index (χ2v) is 8.12. The quantitative estimate of drug-likeness (QED) is 0.791. The largest absolute Gasteiger partial charge is 0.416 e. The Labute approximate surface area is 155 Å². The van der Waals surface area contributed by atoms with E-state index in [1.165, 1.54) is 0 Å². The summed E-state index contributed by atoms with van der Waals surface area (Å²) in [4.78, 5) is 1.33. The van der Waals surface area contributed by atoms with Crippen molar-refractivity contribution in [2.75, 3.05) is 14.1 Å². The van der Waals surface area contributed by atoms with Crippen LogP contribution in [0.5, 0.6) is 0 Å². The van der Waals surface area contributed by atoms with Gasteiger partial charge in [0.25, 0.3) is 0 Å². The molecule has 2 rings (SSSR count). The minimum Gasteiger partial charge on any atom is -0.305 e. The Balaban J connectivity index is 2.28. The minimum atomic E-state index is -4.66. The van der Waals surface area contributed by atoms with Gasteiger partial charge in [0.05, 0.1) is 10.6 Å². The van der Waals surface area contributed by atoms with Crippen molar-refractivity contribution in [3.05, 3.63) is 64.2 Å². The van der Waals surface area contributed by atoms with E-state index in [0.717, 1.165) is 23.3 Å². The van der Waals surface area contributed by atoms with E-state index >= 15 is 0 Å². The van der Waals surface area contributed by atoms with E-state index in [9.17, 15) is 21.6 Å². The highest BCUT2D eigenvalue weighted by molar-refractivity contribution is 7.89. The van der Waals surface area contributed by atoms with E-state index in [4.69, 9.17) is 11.6 Å². The van der Waals surface area contributed by atoms with E-state index in [1.54, 1.807) is 12.1 Å². The fourth-order valence-electron chi connectivity index (χ4n) is 2.36. The van der Waals surface area contributed by atoms with Gasteiger partial charge >= 0.3 is 6.18 Å². The van der Waals surface area contributed by atoms with Crippen LogP contribution in [0.4, 0.5) is 13.2 Å². The summed E-state index contributed by atoms with van der Waals surface area (Å²) in [6.45, 7) is 0.543. The van der Waals surface area contributed by atoms with E-state index in [0.29, 0.717) is 12.6 Å². The lowest BCUT2D eigenvalue weighted by Crippen LogP contribution is -2.25. The molecule has 0 aliphatic heterocycles. The van der Waals surface area contributed by atoms with Crippen molar-refractivity contribution in [1.29, 1.82) is 0 Å². The lowest BCUT2D eigenvalue weighted by Gasteiger charge is -2.15. The second-order valence-electron chi connectivity index (χ2n) is 5.97. The predicted octanol–water partition coefficient (Wildman–Crippen LogP) is 3.90. The molecular formula is C17H18ClF3N2O2S. The van der Waals surface area contributed by atoms with Crippen molar-refractivity contribution < 1.29 is 21.6 Å². The molecule has 2 aromatic rings. The summed E-state index contributed by atoms with van der Waals surface area (Å²) in [5, 5.41) is -0.271. The first kappa shape index (κ1) is 20.7. The van der Waals surface area contributed by atoms with Crippen molar-refractivity contribution in [1.82, 2.24) is 9.62 Å². The van der Waals surface area contributed by atoms with Crippen LogP contribution in [0.15, 0.2) is 47.4 Å². The molecule has 0 radical (unpaired) electrons. The summed E-state index contributed by atoms with van der Waals surface area (Å²) in [6, 6.07) is 9.43. The van der Waals surface area contributed by atoms with Crippen LogP contribution in [0.1, 0.15) is 16.7 Å². The van der Waals surface area contributed by atoms with Gasteiger partial charge in [0, 0.05) is 13.1 Å². The number of hydrogen-bond donors (Lipinski definition) is 1. The van der Waals surface area contributed by atoms with E-state index in [-0.39, 0.29) is 11.6 Å². The first-order valence-electron chi connectivity index (χ1n) is 7.58. The van der Waals surface area contributed by atoms with Gasteiger partial charge in [-0.05, 0) is 43.4 Å². The zero-order valence-corrected chi connectivity index (χ0v) is 15.7. The van der Waals surface area contributed by atoms with Gasteiger partial charge < -0.3 is 4.90 Å². The van der Waals surface area contributed by atoms with Crippen LogP contribution in [0.2, 0.25) is 5.02 Å². The number of nitrogens with zero attached hydrogens (tertiary/aromatic N) is 1. The third-order valence-corrected chi connectivity index (χ3v) is 5.49. The highest BCUT2D eigenvalue weighted by Gasteiger charge is 2.32. The molecule has 0 aliphatic carbocycles. The van der Waals surface area contributed by atoms with Crippen molar-refractivity contribution in [3.8, 4) is 0 Å². The van der Waals surface area contributed by atoms with Gasteiger partial charge in [-0.1, -0.05) is 35.9 Å². The average molecular weight is 407 g/mol. The van der Waals surface area contributed by atoms with Crippen LogP contribution in [-0.4, -0.2) is 27.4 Å². The first-order valence-corrected chi connectivity index (χ1v) is 9.45. The van der Waals surface area contributed by atoms with Crippen LogP contribution in [0, 0.1) is 0 Å². The smallest absolute Gasteiger partial charge is 0.305 e. The molecule has 4 nitrogen and oxygen atoms in total. The molecule has 142 valence electrons. The average Bonchev–Trinajstić information content (AvgIpc) is 2.52. The number of rotatable bonds is 6. The van der Waals surface area contributed by atoms with Crippen molar-refractivity contribution in [2.24, 2.45) is 0 Å². The molecule has 0 unspecified atom stereocenters. The number of sulfonamides is 1. The van der Waals surface area contributed by atoms with Crippen LogP contribution in [0.3, 0.4) is 0 Å². The zero-order chi connectivity index (χ0) is 19.5. The maximum absolute atomic E-state index is 12.8. The highest BCUT2D eigenvalue weighted by Crippen LogP contribution is 2.33.